The lowest BCUT2D eigenvalue weighted by atomic mass is 9.84. The second-order valence-electron chi connectivity index (χ2n) is 6.49. The molecule has 0 aromatic carbocycles. The molecule has 1 aliphatic heterocycles. The molecule has 1 amide bonds. The highest BCUT2D eigenvalue weighted by Gasteiger charge is 2.34. The molecule has 0 saturated carbocycles. The van der Waals surface area contributed by atoms with Crippen molar-refractivity contribution in [3.05, 3.63) is 0 Å². The highest BCUT2D eigenvalue weighted by atomic mass is 16.4. The monoisotopic (exact) mass is 347 g/mol. The number of carbonyl (C=O) groups is 2. The summed E-state index contributed by atoms with van der Waals surface area (Å²) in [6.07, 6.45) is 2.76. The molecule has 1 aliphatic rings. The summed E-state index contributed by atoms with van der Waals surface area (Å²) in [7, 11) is -1.10. The summed E-state index contributed by atoms with van der Waals surface area (Å²) in [5.74, 6) is -1.41. The van der Waals surface area contributed by atoms with Crippen LogP contribution in [0.2, 0.25) is 6.32 Å². The Kier molecular flexibility index (Phi) is 10.1. The molecule has 3 atom stereocenters. The Labute approximate surface area is 142 Å². The Balaban J connectivity index is 0.000000640. The fraction of sp³-hybridized carbons (Fsp3) is 0.857. The Morgan fingerprint density at radius 1 is 1.42 bits per heavy atom. The third kappa shape index (κ3) is 9.19. The standard InChI is InChI=1S/C10H19N3O4.C4H11BO2/c1-10(2,17)7(11)8(14)13-5-3-6(9(15)16)12-4-5;1-2-3-4-5(6)7/h5-7,12,17H,3-4,11H2,1-2H3,(H,13,14)(H,15,16);6-7H,2-4H2,1H3. The molecule has 1 heterocycles. The Morgan fingerprint density at radius 2 is 2.00 bits per heavy atom. The van der Waals surface area contributed by atoms with Gasteiger partial charge in [-0.2, -0.15) is 0 Å². The minimum atomic E-state index is -1.30. The number of carboxylic acid groups (broad SMARTS) is 1. The zero-order chi connectivity index (χ0) is 18.9. The fourth-order valence-electron chi connectivity index (χ4n) is 2.03. The molecule has 140 valence electrons. The van der Waals surface area contributed by atoms with E-state index in [1.54, 1.807) is 0 Å². The van der Waals surface area contributed by atoms with Gasteiger partial charge in [-0.25, -0.2) is 0 Å². The van der Waals surface area contributed by atoms with Crippen LogP contribution in [0.1, 0.15) is 40.0 Å². The summed E-state index contributed by atoms with van der Waals surface area (Å²) < 4.78 is 0. The quantitative estimate of drug-likeness (QED) is 0.267. The maximum absolute atomic E-state index is 11.7. The molecule has 0 bridgehead atoms. The van der Waals surface area contributed by atoms with Gasteiger partial charge >= 0.3 is 13.1 Å². The lowest BCUT2D eigenvalue weighted by molar-refractivity contribution is -0.139. The SMILES string of the molecule is CC(C)(O)C(N)C(=O)NC1CNC(C(=O)O)C1.CCCCB(O)O. The zero-order valence-corrected chi connectivity index (χ0v) is 14.5. The summed E-state index contributed by atoms with van der Waals surface area (Å²) in [4.78, 5) is 22.3. The number of hydrogen-bond donors (Lipinski definition) is 7. The average Bonchev–Trinajstić information content (AvgIpc) is 2.92. The van der Waals surface area contributed by atoms with E-state index in [-0.39, 0.29) is 6.04 Å². The van der Waals surface area contributed by atoms with Gasteiger partial charge in [-0.3, -0.25) is 9.59 Å². The molecular formula is C14H30BN3O6. The minimum absolute atomic E-state index is 0.267. The molecule has 8 N–H and O–H groups in total. The molecular weight excluding hydrogens is 317 g/mol. The second kappa shape index (κ2) is 10.6. The molecule has 0 aromatic rings. The molecule has 0 spiro atoms. The van der Waals surface area contributed by atoms with Crippen molar-refractivity contribution in [2.24, 2.45) is 5.73 Å². The number of aliphatic hydroxyl groups is 1. The molecule has 0 radical (unpaired) electrons. The number of hydrogen-bond acceptors (Lipinski definition) is 7. The van der Waals surface area contributed by atoms with Crippen molar-refractivity contribution in [1.29, 1.82) is 0 Å². The molecule has 1 saturated heterocycles. The summed E-state index contributed by atoms with van der Waals surface area (Å²) in [5.41, 5.74) is 4.26. The number of carboxylic acids is 1. The first-order chi connectivity index (χ1) is 11.0. The topological polar surface area (TPSA) is 165 Å². The first-order valence-electron chi connectivity index (χ1n) is 8.09. The number of unbranched alkanes of at least 4 members (excludes halogenated alkanes) is 1. The van der Waals surface area contributed by atoms with E-state index in [4.69, 9.17) is 20.9 Å². The summed E-state index contributed by atoms with van der Waals surface area (Å²) in [6.45, 7) is 5.30. The minimum Gasteiger partial charge on any atom is -0.480 e. The Morgan fingerprint density at radius 3 is 2.33 bits per heavy atom. The molecule has 0 aliphatic carbocycles. The van der Waals surface area contributed by atoms with Crippen LogP contribution in [0.5, 0.6) is 0 Å². The van der Waals surface area contributed by atoms with Crippen LogP contribution in [-0.2, 0) is 9.59 Å². The summed E-state index contributed by atoms with van der Waals surface area (Å²) in [5, 5.41) is 40.2. The van der Waals surface area contributed by atoms with Crippen LogP contribution in [0.4, 0.5) is 0 Å². The Bertz CT molecular complexity index is 402. The van der Waals surface area contributed by atoms with Gasteiger partial charge in [0.1, 0.15) is 12.1 Å². The van der Waals surface area contributed by atoms with Gasteiger partial charge in [0.05, 0.1) is 5.60 Å². The summed E-state index contributed by atoms with van der Waals surface area (Å²) >= 11 is 0. The predicted molar refractivity (Wildman–Crippen MR) is 90.2 cm³/mol. The predicted octanol–water partition coefficient (Wildman–Crippen LogP) is -1.72. The van der Waals surface area contributed by atoms with E-state index in [1.807, 2.05) is 6.92 Å². The molecule has 1 rings (SSSR count). The van der Waals surface area contributed by atoms with E-state index in [1.165, 1.54) is 13.8 Å². The highest BCUT2D eigenvalue weighted by molar-refractivity contribution is 6.40. The van der Waals surface area contributed by atoms with Crippen LogP contribution in [-0.4, -0.2) is 69.5 Å². The molecule has 3 unspecified atom stereocenters. The van der Waals surface area contributed by atoms with E-state index in [9.17, 15) is 14.7 Å². The van der Waals surface area contributed by atoms with Gasteiger partial charge in [-0.1, -0.05) is 19.8 Å². The highest BCUT2D eigenvalue weighted by Crippen LogP contribution is 2.10. The summed E-state index contributed by atoms with van der Waals surface area (Å²) in [6, 6.07) is -1.94. The second-order valence-corrected chi connectivity index (χ2v) is 6.49. The van der Waals surface area contributed by atoms with Gasteiger partial charge in [0, 0.05) is 12.6 Å². The maximum atomic E-state index is 11.7. The molecule has 0 aromatic heterocycles. The Hall–Kier alpha value is -1.20. The first kappa shape index (κ1) is 22.8. The normalized spacial score (nSPS) is 21.5. The number of carbonyl (C=O) groups excluding carboxylic acids is 1. The van der Waals surface area contributed by atoms with Gasteiger partial charge in [0.15, 0.2) is 0 Å². The van der Waals surface area contributed by atoms with Gasteiger partial charge < -0.3 is 36.6 Å². The van der Waals surface area contributed by atoms with Gasteiger partial charge in [0.2, 0.25) is 5.91 Å². The van der Waals surface area contributed by atoms with Crippen molar-refractivity contribution >= 4 is 19.0 Å². The average molecular weight is 347 g/mol. The molecule has 1 fully saturated rings. The molecule has 24 heavy (non-hydrogen) atoms. The number of amides is 1. The molecule has 10 heteroatoms. The van der Waals surface area contributed by atoms with Crippen molar-refractivity contribution in [2.75, 3.05) is 6.54 Å². The zero-order valence-electron chi connectivity index (χ0n) is 14.5. The first-order valence-corrected chi connectivity index (χ1v) is 8.09. The number of aliphatic carboxylic acids is 1. The lowest BCUT2D eigenvalue weighted by Crippen LogP contribution is -2.55. The number of rotatable bonds is 7. The van der Waals surface area contributed by atoms with Crippen LogP contribution in [0.25, 0.3) is 0 Å². The van der Waals surface area contributed by atoms with Crippen LogP contribution in [0, 0.1) is 0 Å². The van der Waals surface area contributed by atoms with Crippen LogP contribution in [0.15, 0.2) is 0 Å². The maximum Gasteiger partial charge on any atom is 0.451 e. The van der Waals surface area contributed by atoms with Gasteiger partial charge in [0.25, 0.3) is 0 Å². The lowest BCUT2D eigenvalue weighted by Gasteiger charge is -2.25. The van der Waals surface area contributed by atoms with E-state index < -0.39 is 36.7 Å². The largest absolute Gasteiger partial charge is 0.480 e. The van der Waals surface area contributed by atoms with Crippen LogP contribution >= 0.6 is 0 Å². The third-order valence-electron chi connectivity index (χ3n) is 3.63. The molecule has 9 nitrogen and oxygen atoms in total. The van der Waals surface area contributed by atoms with Crippen LogP contribution in [0.3, 0.4) is 0 Å². The van der Waals surface area contributed by atoms with Crippen molar-refractivity contribution in [2.45, 2.75) is 70.1 Å². The van der Waals surface area contributed by atoms with Crippen LogP contribution < -0.4 is 16.4 Å². The van der Waals surface area contributed by atoms with Gasteiger partial charge in [-0.05, 0) is 26.6 Å². The van der Waals surface area contributed by atoms with E-state index in [2.05, 4.69) is 10.6 Å². The number of nitrogens with one attached hydrogen (secondary N) is 2. The van der Waals surface area contributed by atoms with Gasteiger partial charge in [-0.15, -0.1) is 0 Å². The van der Waals surface area contributed by atoms with Crippen molar-refractivity contribution < 1.29 is 29.9 Å². The smallest absolute Gasteiger partial charge is 0.451 e. The third-order valence-corrected chi connectivity index (χ3v) is 3.63. The van der Waals surface area contributed by atoms with E-state index >= 15 is 0 Å². The van der Waals surface area contributed by atoms with Crippen molar-refractivity contribution in [3.63, 3.8) is 0 Å². The number of nitrogens with two attached hydrogens (primary N) is 1. The van der Waals surface area contributed by atoms with Crippen molar-refractivity contribution in [1.82, 2.24) is 10.6 Å². The van der Waals surface area contributed by atoms with Crippen molar-refractivity contribution in [3.8, 4) is 0 Å². The van der Waals surface area contributed by atoms with E-state index in [0.29, 0.717) is 19.3 Å². The fourth-order valence-corrected chi connectivity index (χ4v) is 2.03. The van der Waals surface area contributed by atoms with E-state index in [0.717, 1.165) is 12.8 Å².